The summed E-state index contributed by atoms with van der Waals surface area (Å²) in [6, 6.07) is 2.11. The van der Waals surface area contributed by atoms with Gasteiger partial charge in [0.1, 0.15) is 17.0 Å². The maximum absolute atomic E-state index is 4.42. The molecule has 2 aromatic heterocycles. The molecule has 5 heteroatoms. The Hall–Kier alpha value is -0.680. The largest absolute Gasteiger partial charge is 0.359 e. The van der Waals surface area contributed by atoms with Crippen LogP contribution in [-0.2, 0) is 0 Å². The highest BCUT2D eigenvalue weighted by molar-refractivity contribution is 9.09. The summed E-state index contributed by atoms with van der Waals surface area (Å²) in [5.41, 5.74) is 0. The molecule has 3 nitrogen and oxygen atoms in total. The van der Waals surface area contributed by atoms with E-state index in [1.165, 1.54) is 18.2 Å². The minimum Gasteiger partial charge on any atom is -0.359 e. The topological polar surface area (TPSA) is 29.0 Å². The summed E-state index contributed by atoms with van der Waals surface area (Å²) in [5, 5.41) is 3.25. The molecule has 0 spiro atoms. The molecular weight excluding hydrogens is 298 g/mol. The van der Waals surface area contributed by atoms with Crippen molar-refractivity contribution in [1.29, 1.82) is 0 Å². The van der Waals surface area contributed by atoms with Gasteiger partial charge in [-0.1, -0.05) is 15.9 Å². The fourth-order valence-electron chi connectivity index (χ4n) is 2.36. The molecule has 0 unspecified atom stereocenters. The van der Waals surface area contributed by atoms with Gasteiger partial charge in [0.25, 0.3) is 0 Å². The maximum Gasteiger partial charge on any atom is 0.140 e. The second kappa shape index (κ2) is 4.53. The van der Waals surface area contributed by atoms with Crippen LogP contribution in [0, 0.1) is 5.92 Å². The summed E-state index contributed by atoms with van der Waals surface area (Å²) in [6.45, 7) is 1.09. The lowest BCUT2D eigenvalue weighted by atomic mass is 9.85. The highest BCUT2D eigenvalue weighted by Crippen LogP contribution is 2.35. The van der Waals surface area contributed by atoms with Gasteiger partial charge < -0.3 is 4.90 Å². The van der Waals surface area contributed by atoms with E-state index < -0.39 is 0 Å². The third-order valence-electron chi connectivity index (χ3n) is 3.31. The van der Waals surface area contributed by atoms with Gasteiger partial charge >= 0.3 is 0 Å². The number of alkyl halides is 1. The molecule has 90 valence electrons. The van der Waals surface area contributed by atoms with Crippen LogP contribution in [0.4, 0.5) is 5.82 Å². The lowest BCUT2D eigenvalue weighted by Crippen LogP contribution is -2.35. The van der Waals surface area contributed by atoms with Gasteiger partial charge in [-0.05, 0) is 30.2 Å². The van der Waals surface area contributed by atoms with Crippen molar-refractivity contribution in [3.8, 4) is 0 Å². The lowest BCUT2D eigenvalue weighted by molar-refractivity contribution is 0.339. The van der Waals surface area contributed by atoms with Crippen LogP contribution in [0.2, 0.25) is 0 Å². The van der Waals surface area contributed by atoms with E-state index in [0.717, 1.165) is 27.9 Å². The van der Waals surface area contributed by atoms with E-state index in [1.54, 1.807) is 17.7 Å². The highest BCUT2D eigenvalue weighted by Gasteiger charge is 2.28. The molecule has 1 fully saturated rings. The van der Waals surface area contributed by atoms with E-state index in [-0.39, 0.29) is 0 Å². The molecule has 1 aliphatic carbocycles. The van der Waals surface area contributed by atoms with E-state index >= 15 is 0 Å². The minimum atomic E-state index is 0.729. The number of fused-ring (bicyclic) bond motifs is 1. The second-order valence-electron chi connectivity index (χ2n) is 4.65. The van der Waals surface area contributed by atoms with Crippen molar-refractivity contribution in [3.05, 3.63) is 17.8 Å². The lowest BCUT2D eigenvalue weighted by Gasteiger charge is -2.34. The van der Waals surface area contributed by atoms with Crippen molar-refractivity contribution in [1.82, 2.24) is 9.97 Å². The number of rotatable bonds is 3. The second-order valence-corrected chi connectivity index (χ2v) is 6.84. The molecule has 1 saturated carbocycles. The first-order chi connectivity index (χ1) is 8.24. The average molecular weight is 312 g/mol. The Bertz CT molecular complexity index is 521. The molecule has 0 aromatic carbocycles. The fraction of sp³-hybridized carbons (Fsp3) is 0.500. The molecular formula is C12H14BrN3S. The minimum absolute atomic E-state index is 0.729. The summed E-state index contributed by atoms with van der Waals surface area (Å²) >= 11 is 5.31. The molecule has 2 heterocycles. The van der Waals surface area contributed by atoms with Crippen molar-refractivity contribution < 1.29 is 0 Å². The molecule has 0 N–H and O–H groups in total. The summed E-state index contributed by atoms with van der Waals surface area (Å²) in [5.74, 6) is 1.86. The van der Waals surface area contributed by atoms with Gasteiger partial charge in [-0.3, -0.25) is 0 Å². The van der Waals surface area contributed by atoms with Crippen molar-refractivity contribution in [3.63, 3.8) is 0 Å². The molecule has 0 amide bonds. The van der Waals surface area contributed by atoms with Gasteiger partial charge in [0.05, 0.1) is 5.39 Å². The van der Waals surface area contributed by atoms with Gasteiger partial charge in [-0.2, -0.15) is 0 Å². The Morgan fingerprint density at radius 3 is 3.06 bits per heavy atom. The fourth-order valence-corrected chi connectivity index (χ4v) is 4.14. The van der Waals surface area contributed by atoms with E-state index in [9.17, 15) is 0 Å². The predicted molar refractivity (Wildman–Crippen MR) is 76.1 cm³/mol. The van der Waals surface area contributed by atoms with Gasteiger partial charge in [-0.15, -0.1) is 11.3 Å². The van der Waals surface area contributed by atoms with Gasteiger partial charge in [0.15, 0.2) is 0 Å². The Morgan fingerprint density at radius 1 is 1.47 bits per heavy atom. The summed E-state index contributed by atoms with van der Waals surface area (Å²) < 4.78 is 0. The molecule has 1 aliphatic rings. The number of anilines is 1. The van der Waals surface area contributed by atoms with Crippen LogP contribution in [0.15, 0.2) is 17.8 Å². The number of nitrogens with zero attached hydrogens (tertiary/aromatic N) is 3. The Morgan fingerprint density at radius 2 is 2.29 bits per heavy atom. The van der Waals surface area contributed by atoms with Crippen molar-refractivity contribution >= 4 is 43.3 Å². The smallest absolute Gasteiger partial charge is 0.140 e. The standard InChI is InChI=1S/C12H14BrN3S/c1-16(6-8-4-9(13)5-8)11-10-2-3-17-12(10)15-7-14-11/h2-3,7-9H,4-6H2,1H3. The SMILES string of the molecule is CN(CC1CC(Br)C1)c1ncnc2sccc12. The Balaban J connectivity index is 1.80. The van der Waals surface area contributed by atoms with Crippen molar-refractivity contribution in [2.45, 2.75) is 17.7 Å². The third kappa shape index (κ3) is 2.18. The summed E-state index contributed by atoms with van der Waals surface area (Å²) in [7, 11) is 2.13. The average Bonchev–Trinajstić information content (AvgIpc) is 2.74. The van der Waals surface area contributed by atoms with E-state index in [2.05, 4.69) is 49.3 Å². The van der Waals surface area contributed by atoms with Crippen molar-refractivity contribution in [2.24, 2.45) is 5.92 Å². The van der Waals surface area contributed by atoms with Gasteiger partial charge in [0.2, 0.25) is 0 Å². The predicted octanol–water partition coefficient (Wildman–Crippen LogP) is 3.30. The zero-order chi connectivity index (χ0) is 11.8. The molecule has 3 rings (SSSR count). The van der Waals surface area contributed by atoms with Crippen LogP contribution in [0.1, 0.15) is 12.8 Å². The van der Waals surface area contributed by atoms with Crippen LogP contribution < -0.4 is 4.90 Å². The van der Waals surface area contributed by atoms with Gasteiger partial charge in [-0.25, -0.2) is 9.97 Å². The zero-order valence-corrected chi connectivity index (χ0v) is 12.0. The number of thiophene rings is 1. The molecule has 0 atom stereocenters. The Kier molecular flexibility index (Phi) is 3.04. The molecule has 0 aliphatic heterocycles. The van der Waals surface area contributed by atoms with Crippen LogP contribution in [0.5, 0.6) is 0 Å². The number of halogens is 1. The van der Waals surface area contributed by atoms with Crippen LogP contribution >= 0.6 is 27.3 Å². The zero-order valence-electron chi connectivity index (χ0n) is 9.64. The summed E-state index contributed by atoms with van der Waals surface area (Å²) in [6.07, 6.45) is 4.23. The quantitative estimate of drug-likeness (QED) is 0.814. The first-order valence-electron chi connectivity index (χ1n) is 5.77. The molecule has 0 saturated heterocycles. The first-order valence-corrected chi connectivity index (χ1v) is 7.57. The Labute approximate surface area is 113 Å². The van der Waals surface area contributed by atoms with Crippen LogP contribution in [-0.4, -0.2) is 28.4 Å². The third-order valence-corrected chi connectivity index (χ3v) is 4.88. The van der Waals surface area contributed by atoms with Crippen LogP contribution in [0.3, 0.4) is 0 Å². The molecule has 0 radical (unpaired) electrons. The van der Waals surface area contributed by atoms with Gasteiger partial charge in [0, 0.05) is 18.4 Å². The maximum atomic E-state index is 4.42. The number of hydrogen-bond acceptors (Lipinski definition) is 4. The number of hydrogen-bond donors (Lipinski definition) is 0. The summed E-state index contributed by atoms with van der Waals surface area (Å²) in [4.78, 5) is 12.8. The van der Waals surface area contributed by atoms with E-state index in [1.807, 2.05) is 0 Å². The molecule has 0 bridgehead atoms. The monoisotopic (exact) mass is 311 g/mol. The first kappa shape index (κ1) is 11.4. The number of aromatic nitrogens is 2. The van der Waals surface area contributed by atoms with E-state index in [4.69, 9.17) is 0 Å². The van der Waals surface area contributed by atoms with E-state index in [0.29, 0.717) is 0 Å². The molecule has 17 heavy (non-hydrogen) atoms. The van der Waals surface area contributed by atoms with Crippen molar-refractivity contribution in [2.75, 3.05) is 18.5 Å². The van der Waals surface area contributed by atoms with Crippen LogP contribution in [0.25, 0.3) is 10.2 Å². The molecule has 2 aromatic rings. The highest BCUT2D eigenvalue weighted by atomic mass is 79.9. The normalized spacial score (nSPS) is 23.6.